The first-order chi connectivity index (χ1) is 18.3. The first kappa shape index (κ1) is 25.6. The second kappa shape index (κ2) is 10.4. The Hall–Kier alpha value is -4.01. The number of nitrogens with one attached hydrogen (secondary N) is 2. The number of fused-ring (bicyclic) bond motifs is 1. The van der Waals surface area contributed by atoms with Gasteiger partial charge in [0.05, 0.1) is 28.4 Å². The van der Waals surface area contributed by atoms with Gasteiger partial charge < -0.3 is 20.3 Å². The third-order valence-electron chi connectivity index (χ3n) is 6.35. The Morgan fingerprint density at radius 1 is 1.05 bits per heavy atom. The zero-order valence-corrected chi connectivity index (χ0v) is 22.8. The van der Waals surface area contributed by atoms with Crippen LogP contribution in [0.2, 0.25) is 10.0 Å². The number of nitrogens with zero attached hydrogens (tertiary/aromatic N) is 4. The van der Waals surface area contributed by atoms with E-state index in [4.69, 9.17) is 38.0 Å². The minimum atomic E-state index is -0.613. The summed E-state index contributed by atoms with van der Waals surface area (Å²) in [6.07, 6.45) is 0. The van der Waals surface area contributed by atoms with Crippen LogP contribution in [-0.2, 0) is 4.79 Å². The predicted octanol–water partition coefficient (Wildman–Crippen LogP) is 6.25. The summed E-state index contributed by atoms with van der Waals surface area (Å²) >= 11 is 12.6. The Morgan fingerprint density at radius 2 is 1.79 bits per heavy atom. The maximum absolute atomic E-state index is 13.8. The molecule has 0 bridgehead atoms. The van der Waals surface area contributed by atoms with Gasteiger partial charge in [-0.2, -0.15) is 4.98 Å². The fraction of sp³-hybridized carbons (Fsp3) is 0.179. The van der Waals surface area contributed by atoms with Crippen molar-refractivity contribution in [1.82, 2.24) is 14.8 Å². The van der Waals surface area contributed by atoms with Crippen LogP contribution in [0.3, 0.4) is 0 Å². The fourth-order valence-electron chi connectivity index (χ4n) is 4.40. The van der Waals surface area contributed by atoms with Crippen LogP contribution in [0.15, 0.2) is 78.0 Å². The van der Waals surface area contributed by atoms with Crippen LogP contribution in [0.25, 0.3) is 11.4 Å². The molecule has 1 unspecified atom stereocenters. The van der Waals surface area contributed by atoms with Crippen LogP contribution in [0.1, 0.15) is 18.5 Å². The lowest BCUT2D eigenvalue weighted by atomic mass is 9.95. The number of methoxy groups -OCH3 is 1. The number of hydrogen-bond donors (Lipinski definition) is 2. The van der Waals surface area contributed by atoms with Crippen LogP contribution in [-0.4, -0.2) is 41.9 Å². The Balaban J connectivity index is 1.59. The number of benzene rings is 3. The van der Waals surface area contributed by atoms with Gasteiger partial charge in [0.2, 0.25) is 5.95 Å². The number of allylic oxidation sites excluding steroid dienone is 1. The first-order valence-electron chi connectivity index (χ1n) is 11.9. The lowest BCUT2D eigenvalue weighted by Crippen LogP contribution is -2.31. The number of ether oxygens (including phenoxy) is 1. The number of carbonyl (C=O) groups is 1. The molecule has 1 atom stereocenters. The first-order valence-corrected chi connectivity index (χ1v) is 12.6. The minimum absolute atomic E-state index is 0.311. The molecule has 1 aliphatic heterocycles. The molecule has 194 valence electrons. The SMILES string of the molecule is COc1ccccc1NC(=O)C1=C(C)Nc2nc(-c3ccc(N(C)C)cc3)nn2C1c1ccc(Cl)c(Cl)c1. The minimum Gasteiger partial charge on any atom is -0.495 e. The maximum atomic E-state index is 13.8. The molecule has 4 aromatic rings. The summed E-state index contributed by atoms with van der Waals surface area (Å²) in [5, 5.41) is 11.9. The zero-order valence-electron chi connectivity index (χ0n) is 21.3. The van der Waals surface area contributed by atoms with Gasteiger partial charge in [0.25, 0.3) is 5.91 Å². The topological polar surface area (TPSA) is 84.3 Å². The second-order valence-electron chi connectivity index (χ2n) is 9.04. The molecule has 1 aromatic heterocycles. The summed E-state index contributed by atoms with van der Waals surface area (Å²) in [5.41, 5.74) is 4.32. The molecule has 0 aliphatic carbocycles. The van der Waals surface area contributed by atoms with Gasteiger partial charge in [0.1, 0.15) is 11.8 Å². The largest absolute Gasteiger partial charge is 0.495 e. The molecule has 0 saturated carbocycles. The average Bonchev–Trinajstić information content (AvgIpc) is 3.33. The van der Waals surface area contributed by atoms with Crippen LogP contribution < -0.4 is 20.3 Å². The van der Waals surface area contributed by atoms with Crippen molar-refractivity contribution in [1.29, 1.82) is 0 Å². The van der Waals surface area contributed by atoms with Crippen LogP contribution in [0, 0.1) is 0 Å². The third kappa shape index (κ3) is 4.80. The predicted molar refractivity (Wildman–Crippen MR) is 152 cm³/mol. The lowest BCUT2D eigenvalue weighted by molar-refractivity contribution is -0.113. The summed E-state index contributed by atoms with van der Waals surface area (Å²) in [5.74, 6) is 1.29. The van der Waals surface area contributed by atoms with E-state index in [1.54, 1.807) is 36.1 Å². The van der Waals surface area contributed by atoms with E-state index in [1.807, 2.05) is 68.4 Å². The molecule has 5 rings (SSSR count). The normalized spacial score (nSPS) is 14.5. The zero-order chi connectivity index (χ0) is 27.0. The summed E-state index contributed by atoms with van der Waals surface area (Å²) in [7, 11) is 5.53. The number of amides is 1. The summed E-state index contributed by atoms with van der Waals surface area (Å²) in [6, 6.07) is 19.9. The molecule has 1 amide bonds. The van der Waals surface area contributed by atoms with E-state index >= 15 is 0 Å². The standard InChI is InChI=1S/C28H26Cl2N6O2/c1-16-24(27(37)32-22-7-5-6-8-23(22)38-4)25(18-11-14-20(29)21(30)15-18)36-28(31-16)33-26(34-36)17-9-12-19(13-10-17)35(2)3/h5-15,25H,1-4H3,(H,32,37)(H,31,33,34). The van der Waals surface area contributed by atoms with E-state index in [-0.39, 0.29) is 5.91 Å². The van der Waals surface area contributed by atoms with E-state index in [2.05, 4.69) is 10.6 Å². The maximum Gasteiger partial charge on any atom is 0.255 e. The number of halogens is 2. The van der Waals surface area contributed by atoms with E-state index in [1.165, 1.54) is 0 Å². The molecule has 0 radical (unpaired) electrons. The summed E-state index contributed by atoms with van der Waals surface area (Å²) < 4.78 is 7.13. The van der Waals surface area contributed by atoms with Gasteiger partial charge in [0.15, 0.2) is 5.82 Å². The van der Waals surface area contributed by atoms with E-state index < -0.39 is 6.04 Å². The summed E-state index contributed by atoms with van der Waals surface area (Å²) in [4.78, 5) is 20.6. The van der Waals surface area contributed by atoms with Crippen molar-refractivity contribution in [3.8, 4) is 17.1 Å². The number of rotatable bonds is 6. The molecule has 1 aliphatic rings. The fourth-order valence-corrected chi connectivity index (χ4v) is 4.71. The second-order valence-corrected chi connectivity index (χ2v) is 9.85. The highest BCUT2D eigenvalue weighted by Gasteiger charge is 2.35. The molecule has 2 N–H and O–H groups in total. The van der Waals surface area contributed by atoms with Crippen molar-refractivity contribution < 1.29 is 9.53 Å². The van der Waals surface area contributed by atoms with Crippen molar-refractivity contribution in [2.45, 2.75) is 13.0 Å². The smallest absolute Gasteiger partial charge is 0.255 e. The molecule has 38 heavy (non-hydrogen) atoms. The van der Waals surface area contributed by atoms with E-state index in [0.717, 1.165) is 16.8 Å². The highest BCUT2D eigenvalue weighted by atomic mass is 35.5. The Bertz CT molecular complexity index is 1550. The number of carbonyl (C=O) groups excluding carboxylic acids is 1. The Morgan fingerprint density at radius 3 is 2.47 bits per heavy atom. The van der Waals surface area contributed by atoms with Crippen LogP contribution >= 0.6 is 23.2 Å². The monoisotopic (exact) mass is 548 g/mol. The van der Waals surface area contributed by atoms with E-state index in [0.29, 0.717) is 44.5 Å². The number of hydrogen-bond acceptors (Lipinski definition) is 6. The highest BCUT2D eigenvalue weighted by Crippen LogP contribution is 2.39. The number of aromatic nitrogens is 3. The van der Waals surface area contributed by atoms with Gasteiger partial charge >= 0.3 is 0 Å². The lowest BCUT2D eigenvalue weighted by Gasteiger charge is -2.29. The molecular weight excluding hydrogens is 523 g/mol. The van der Waals surface area contributed by atoms with Gasteiger partial charge in [-0.15, -0.1) is 5.10 Å². The van der Waals surface area contributed by atoms with E-state index in [9.17, 15) is 4.79 Å². The van der Waals surface area contributed by atoms with Gasteiger partial charge in [-0.05, 0) is 61.0 Å². The van der Waals surface area contributed by atoms with Crippen molar-refractivity contribution >= 4 is 46.4 Å². The molecule has 0 fully saturated rings. The Labute approximate surface area is 230 Å². The van der Waals surface area contributed by atoms with Crippen molar-refractivity contribution in [2.75, 3.05) is 36.7 Å². The summed E-state index contributed by atoms with van der Waals surface area (Å²) in [6.45, 7) is 1.84. The van der Waals surface area contributed by atoms with Gasteiger partial charge in [-0.25, -0.2) is 4.68 Å². The molecule has 10 heteroatoms. The van der Waals surface area contributed by atoms with Crippen LogP contribution in [0.5, 0.6) is 5.75 Å². The van der Waals surface area contributed by atoms with Crippen molar-refractivity contribution in [3.63, 3.8) is 0 Å². The van der Waals surface area contributed by atoms with Gasteiger partial charge in [-0.1, -0.05) is 41.4 Å². The van der Waals surface area contributed by atoms with Gasteiger partial charge in [0, 0.05) is 31.0 Å². The molecule has 0 spiro atoms. The molecule has 8 nitrogen and oxygen atoms in total. The highest BCUT2D eigenvalue weighted by molar-refractivity contribution is 6.42. The quantitative estimate of drug-likeness (QED) is 0.296. The third-order valence-corrected chi connectivity index (χ3v) is 7.09. The van der Waals surface area contributed by atoms with Crippen molar-refractivity contribution in [3.05, 3.63) is 93.6 Å². The molecule has 0 saturated heterocycles. The van der Waals surface area contributed by atoms with Crippen LogP contribution in [0.4, 0.5) is 17.3 Å². The molecular formula is C28H26Cl2N6O2. The molecule has 2 heterocycles. The molecule has 3 aromatic carbocycles. The Kier molecular flexibility index (Phi) is 7.01. The average molecular weight is 549 g/mol. The number of anilines is 3. The van der Waals surface area contributed by atoms with Crippen molar-refractivity contribution in [2.24, 2.45) is 0 Å². The van der Waals surface area contributed by atoms with Gasteiger partial charge in [-0.3, -0.25) is 4.79 Å². The number of para-hydroxylation sites is 2.